The first-order valence-electron chi connectivity index (χ1n) is 10.3. The number of thioether (sulfide) groups is 1. The maximum atomic E-state index is 12.9. The molecular formula is C25H19BrN2O5S. The van der Waals surface area contributed by atoms with Gasteiger partial charge in [0.05, 0.1) is 16.5 Å². The Bertz CT molecular complexity index is 1260. The first-order chi connectivity index (χ1) is 16.3. The SMILES string of the molecule is Nc1cccc(SC2CC(=O)N(c3ccc(C(=O)OCC(=O)c4ccc(Br)cc4)cc3)C2=O)c1. The van der Waals surface area contributed by atoms with E-state index >= 15 is 0 Å². The van der Waals surface area contributed by atoms with E-state index in [0.29, 0.717) is 16.9 Å². The van der Waals surface area contributed by atoms with Crippen molar-refractivity contribution in [2.45, 2.75) is 16.6 Å². The van der Waals surface area contributed by atoms with Gasteiger partial charge in [-0.3, -0.25) is 14.4 Å². The molecule has 1 unspecified atom stereocenters. The molecule has 0 radical (unpaired) electrons. The van der Waals surface area contributed by atoms with Crippen molar-refractivity contribution in [3.05, 3.63) is 88.4 Å². The van der Waals surface area contributed by atoms with Crippen molar-refractivity contribution in [2.24, 2.45) is 0 Å². The number of ether oxygens (including phenoxy) is 1. The van der Waals surface area contributed by atoms with Crippen molar-refractivity contribution < 1.29 is 23.9 Å². The lowest BCUT2D eigenvalue weighted by atomic mass is 10.1. The Hall–Kier alpha value is -3.43. The topological polar surface area (TPSA) is 107 Å². The van der Waals surface area contributed by atoms with Crippen molar-refractivity contribution in [2.75, 3.05) is 17.2 Å². The summed E-state index contributed by atoms with van der Waals surface area (Å²) in [7, 11) is 0. The van der Waals surface area contributed by atoms with Gasteiger partial charge in [0.2, 0.25) is 11.8 Å². The summed E-state index contributed by atoms with van der Waals surface area (Å²) in [5.41, 5.74) is 7.38. The smallest absolute Gasteiger partial charge is 0.338 e. The van der Waals surface area contributed by atoms with E-state index in [1.807, 2.05) is 6.07 Å². The summed E-state index contributed by atoms with van der Waals surface area (Å²) in [5.74, 6) is -1.64. The average Bonchev–Trinajstić information content (AvgIpc) is 3.10. The number of carbonyl (C=O) groups is 4. The fraction of sp³-hybridized carbons (Fsp3) is 0.120. The predicted octanol–water partition coefficient (Wildman–Crippen LogP) is 4.50. The third-order valence-corrected chi connectivity index (χ3v) is 6.81. The number of hydrogen-bond donors (Lipinski definition) is 1. The molecule has 7 nitrogen and oxygen atoms in total. The van der Waals surface area contributed by atoms with Gasteiger partial charge in [0.1, 0.15) is 0 Å². The summed E-state index contributed by atoms with van der Waals surface area (Å²) in [6.07, 6.45) is 0.0697. The molecular weight excluding hydrogens is 520 g/mol. The number of nitrogen functional groups attached to an aromatic ring is 1. The molecule has 1 aliphatic rings. The second kappa shape index (κ2) is 10.2. The van der Waals surface area contributed by atoms with Gasteiger partial charge in [-0.15, -0.1) is 11.8 Å². The highest BCUT2D eigenvalue weighted by molar-refractivity contribution is 9.10. The largest absolute Gasteiger partial charge is 0.454 e. The summed E-state index contributed by atoms with van der Waals surface area (Å²) in [5, 5.41) is -0.552. The van der Waals surface area contributed by atoms with Crippen LogP contribution in [-0.2, 0) is 14.3 Å². The Balaban J connectivity index is 1.38. The minimum absolute atomic E-state index is 0.0697. The van der Waals surface area contributed by atoms with Crippen LogP contribution in [0.1, 0.15) is 27.1 Å². The molecule has 0 saturated carbocycles. The number of halogens is 1. The van der Waals surface area contributed by atoms with E-state index in [1.165, 1.54) is 36.0 Å². The molecule has 2 amide bonds. The molecule has 0 bridgehead atoms. The number of ketones is 1. The van der Waals surface area contributed by atoms with Crippen molar-refractivity contribution in [1.82, 2.24) is 0 Å². The molecule has 9 heteroatoms. The van der Waals surface area contributed by atoms with Gasteiger partial charge in [-0.2, -0.15) is 0 Å². The number of anilines is 2. The summed E-state index contributed by atoms with van der Waals surface area (Å²) in [6, 6.07) is 19.8. The number of hydrogen-bond acceptors (Lipinski definition) is 7. The number of benzene rings is 3. The predicted molar refractivity (Wildman–Crippen MR) is 133 cm³/mol. The van der Waals surface area contributed by atoms with Crippen LogP contribution >= 0.6 is 27.7 Å². The number of nitrogens with two attached hydrogens (primary N) is 1. The van der Waals surface area contributed by atoms with E-state index in [2.05, 4.69) is 15.9 Å². The molecule has 3 aromatic rings. The Labute approximate surface area is 208 Å². The van der Waals surface area contributed by atoms with Crippen LogP contribution in [0.25, 0.3) is 0 Å². The van der Waals surface area contributed by atoms with Gasteiger partial charge in [0.15, 0.2) is 12.4 Å². The molecule has 34 heavy (non-hydrogen) atoms. The lowest BCUT2D eigenvalue weighted by Gasteiger charge is -2.15. The van der Waals surface area contributed by atoms with E-state index in [1.54, 1.807) is 42.5 Å². The highest BCUT2D eigenvalue weighted by Gasteiger charge is 2.40. The van der Waals surface area contributed by atoms with Crippen molar-refractivity contribution in [3.63, 3.8) is 0 Å². The van der Waals surface area contributed by atoms with Crippen LogP contribution in [0.15, 0.2) is 82.2 Å². The highest BCUT2D eigenvalue weighted by atomic mass is 79.9. The molecule has 1 atom stereocenters. The van der Waals surface area contributed by atoms with Gasteiger partial charge in [0.25, 0.3) is 0 Å². The summed E-state index contributed by atoms with van der Waals surface area (Å²) >= 11 is 4.59. The van der Waals surface area contributed by atoms with Crippen LogP contribution in [0, 0.1) is 0 Å². The Morgan fingerprint density at radius 3 is 2.35 bits per heavy atom. The molecule has 172 valence electrons. The number of imide groups is 1. The quantitative estimate of drug-likeness (QED) is 0.204. The van der Waals surface area contributed by atoms with E-state index in [9.17, 15) is 19.2 Å². The fourth-order valence-corrected chi connectivity index (χ4v) is 4.79. The number of esters is 1. The third-order valence-electron chi connectivity index (χ3n) is 5.10. The average molecular weight is 539 g/mol. The van der Waals surface area contributed by atoms with E-state index in [4.69, 9.17) is 10.5 Å². The molecule has 1 heterocycles. The molecule has 1 saturated heterocycles. The van der Waals surface area contributed by atoms with Crippen LogP contribution in [0.5, 0.6) is 0 Å². The first-order valence-corrected chi connectivity index (χ1v) is 11.9. The molecule has 3 aromatic carbocycles. The zero-order valence-corrected chi connectivity index (χ0v) is 20.2. The first kappa shape index (κ1) is 23.7. The van der Waals surface area contributed by atoms with Crippen LogP contribution in [0.4, 0.5) is 11.4 Å². The Kier molecular flexibility index (Phi) is 7.14. The van der Waals surface area contributed by atoms with Crippen molar-refractivity contribution >= 4 is 62.6 Å². The lowest BCUT2D eigenvalue weighted by molar-refractivity contribution is -0.121. The van der Waals surface area contributed by atoms with E-state index in [0.717, 1.165) is 14.3 Å². The zero-order valence-electron chi connectivity index (χ0n) is 17.8. The normalized spacial score (nSPS) is 15.4. The second-order valence-electron chi connectivity index (χ2n) is 7.50. The number of amides is 2. The van der Waals surface area contributed by atoms with Gasteiger partial charge in [0, 0.05) is 27.0 Å². The van der Waals surface area contributed by atoms with Gasteiger partial charge < -0.3 is 10.5 Å². The summed E-state index contributed by atoms with van der Waals surface area (Å²) in [4.78, 5) is 51.9. The van der Waals surface area contributed by atoms with Gasteiger partial charge in [-0.05, 0) is 54.6 Å². The molecule has 0 aliphatic carbocycles. The number of carbonyl (C=O) groups excluding carboxylic acids is 4. The summed E-state index contributed by atoms with van der Waals surface area (Å²) < 4.78 is 5.95. The van der Waals surface area contributed by atoms with Gasteiger partial charge >= 0.3 is 5.97 Å². The maximum absolute atomic E-state index is 12.9. The molecule has 4 rings (SSSR count). The minimum atomic E-state index is -0.675. The Morgan fingerprint density at radius 1 is 1.00 bits per heavy atom. The van der Waals surface area contributed by atoms with Gasteiger partial charge in [-0.1, -0.05) is 34.1 Å². The minimum Gasteiger partial charge on any atom is -0.454 e. The Morgan fingerprint density at radius 2 is 1.68 bits per heavy atom. The molecule has 0 spiro atoms. The number of Topliss-reactive ketones (excluding diaryl/α,β-unsaturated/α-hetero) is 1. The zero-order chi connectivity index (χ0) is 24.2. The monoisotopic (exact) mass is 538 g/mol. The molecule has 2 N–H and O–H groups in total. The second-order valence-corrected chi connectivity index (χ2v) is 9.70. The van der Waals surface area contributed by atoms with Crippen molar-refractivity contribution in [3.8, 4) is 0 Å². The highest BCUT2D eigenvalue weighted by Crippen LogP contribution is 2.34. The van der Waals surface area contributed by atoms with E-state index < -0.39 is 17.8 Å². The molecule has 1 fully saturated rings. The summed E-state index contributed by atoms with van der Waals surface area (Å²) in [6.45, 7) is -0.395. The van der Waals surface area contributed by atoms with Crippen LogP contribution < -0.4 is 10.6 Å². The van der Waals surface area contributed by atoms with Crippen LogP contribution in [0.2, 0.25) is 0 Å². The number of rotatable bonds is 7. The van der Waals surface area contributed by atoms with Gasteiger partial charge in [-0.25, -0.2) is 9.69 Å². The lowest BCUT2D eigenvalue weighted by Crippen LogP contribution is -2.31. The third kappa shape index (κ3) is 5.37. The van der Waals surface area contributed by atoms with E-state index in [-0.39, 0.29) is 29.6 Å². The molecule has 1 aliphatic heterocycles. The van der Waals surface area contributed by atoms with Crippen molar-refractivity contribution in [1.29, 1.82) is 0 Å². The number of nitrogens with zero attached hydrogens (tertiary/aromatic N) is 1. The molecule has 0 aromatic heterocycles. The van der Waals surface area contributed by atoms with Crippen LogP contribution in [0.3, 0.4) is 0 Å². The maximum Gasteiger partial charge on any atom is 0.338 e. The standard InChI is InChI=1S/C25H19BrN2O5S/c26-17-8-4-15(5-9-17)21(29)14-33-25(32)16-6-10-19(11-7-16)28-23(30)13-22(24(28)31)34-20-3-1-2-18(27)12-20/h1-12,22H,13-14,27H2. The van der Waals surface area contributed by atoms with Crippen LogP contribution in [-0.4, -0.2) is 35.4 Å². The fourth-order valence-electron chi connectivity index (χ4n) is 3.40.